The molecule has 2 aromatic rings. The minimum atomic E-state index is -0.00456. The molecule has 0 radical (unpaired) electrons. The second-order valence-electron chi connectivity index (χ2n) is 6.02. The molecule has 2 amide bonds. The fraction of sp³-hybridized carbons (Fsp3) is 0.529. The number of fused-ring (bicyclic) bond motifs is 1. The molecule has 1 aliphatic rings. The van der Waals surface area contributed by atoms with Gasteiger partial charge in [-0.1, -0.05) is 6.92 Å². The minimum Gasteiger partial charge on any atom is -0.331 e. The number of rotatable bonds is 3. The van der Waals surface area contributed by atoms with Gasteiger partial charge in [-0.25, -0.2) is 9.78 Å². The van der Waals surface area contributed by atoms with Gasteiger partial charge in [-0.3, -0.25) is 0 Å². The van der Waals surface area contributed by atoms with E-state index in [1.165, 1.54) is 10.4 Å². The lowest BCUT2D eigenvalue weighted by Crippen LogP contribution is -2.45. The summed E-state index contributed by atoms with van der Waals surface area (Å²) in [5, 5.41) is 6.36. The number of aromatic nitrogens is 1. The van der Waals surface area contributed by atoms with Gasteiger partial charge in [-0.15, -0.1) is 22.7 Å². The van der Waals surface area contributed by atoms with Crippen LogP contribution in [0, 0.1) is 13.8 Å². The topological polar surface area (TPSA) is 45.2 Å². The Morgan fingerprint density at radius 2 is 2.30 bits per heavy atom. The summed E-state index contributed by atoms with van der Waals surface area (Å²) in [6.07, 6.45) is 1.91. The lowest BCUT2D eigenvalue weighted by Gasteiger charge is -2.36. The Morgan fingerprint density at radius 3 is 2.96 bits per heavy atom. The number of nitrogens with zero attached hydrogens (tertiary/aromatic N) is 2. The van der Waals surface area contributed by atoms with Crippen LogP contribution in [-0.2, 0) is 6.42 Å². The molecule has 1 N–H and O–H groups in total. The maximum absolute atomic E-state index is 12.8. The zero-order valence-electron chi connectivity index (χ0n) is 14.0. The van der Waals surface area contributed by atoms with E-state index in [0.29, 0.717) is 0 Å². The minimum absolute atomic E-state index is 0.00456. The third kappa shape index (κ3) is 3.15. The van der Waals surface area contributed by atoms with Crippen molar-refractivity contribution < 1.29 is 4.79 Å². The second-order valence-corrected chi connectivity index (χ2v) is 8.26. The number of hydrogen-bond donors (Lipinski definition) is 1. The van der Waals surface area contributed by atoms with Crippen LogP contribution in [0.2, 0.25) is 0 Å². The number of aryl methyl sites for hydroxylation is 2. The van der Waals surface area contributed by atoms with Crippen LogP contribution in [0.3, 0.4) is 0 Å². The molecule has 0 aromatic carbocycles. The number of urea groups is 1. The van der Waals surface area contributed by atoms with Gasteiger partial charge in [0, 0.05) is 16.3 Å². The van der Waals surface area contributed by atoms with E-state index in [0.717, 1.165) is 35.0 Å². The quantitative estimate of drug-likeness (QED) is 0.880. The molecule has 4 nitrogen and oxygen atoms in total. The number of carbonyl (C=O) groups is 1. The number of carbonyl (C=O) groups excluding carboxylic acids is 1. The lowest BCUT2D eigenvalue weighted by molar-refractivity contribution is 0.165. The Morgan fingerprint density at radius 1 is 1.52 bits per heavy atom. The molecule has 3 rings (SSSR count). The van der Waals surface area contributed by atoms with E-state index in [2.05, 4.69) is 28.7 Å². The van der Waals surface area contributed by atoms with Crippen molar-refractivity contribution in [3.8, 4) is 0 Å². The first-order valence-corrected chi connectivity index (χ1v) is 9.78. The van der Waals surface area contributed by atoms with Crippen molar-refractivity contribution in [2.45, 2.75) is 52.6 Å². The molecule has 0 bridgehead atoms. The van der Waals surface area contributed by atoms with Crippen molar-refractivity contribution in [3.63, 3.8) is 0 Å². The third-order valence-electron chi connectivity index (χ3n) is 4.42. The standard InChI is InChI=1S/C17H23N3OS2/c1-5-14-13-7-9-22-15(13)6-8-20(14)17(21)19-11(3)16-10(2)18-12(4)23-16/h7,9,11,14H,5-6,8H2,1-4H3,(H,19,21)/t11-,14-/m1/s1. The molecule has 0 aliphatic carbocycles. The monoisotopic (exact) mass is 349 g/mol. The fourth-order valence-corrected chi connectivity index (χ4v) is 5.22. The highest BCUT2D eigenvalue weighted by molar-refractivity contribution is 7.11. The molecule has 0 fully saturated rings. The summed E-state index contributed by atoms with van der Waals surface area (Å²) in [6, 6.07) is 2.40. The Hall–Kier alpha value is -1.40. The molecule has 124 valence electrons. The molecule has 0 saturated heterocycles. The Balaban J connectivity index is 1.74. The third-order valence-corrected chi connectivity index (χ3v) is 6.67. The SMILES string of the molecule is CC[C@@H]1c2ccsc2CCN1C(=O)N[C@H](C)c1sc(C)nc1C. The van der Waals surface area contributed by atoms with Crippen LogP contribution in [-0.4, -0.2) is 22.5 Å². The average Bonchev–Trinajstić information content (AvgIpc) is 3.11. The Bertz CT molecular complexity index is 707. The van der Waals surface area contributed by atoms with Gasteiger partial charge in [0.25, 0.3) is 0 Å². The predicted octanol–water partition coefficient (Wildman–Crippen LogP) is 4.60. The highest BCUT2D eigenvalue weighted by atomic mass is 32.1. The number of thiazole rings is 1. The second kappa shape index (κ2) is 6.61. The molecule has 2 atom stereocenters. The molecule has 0 saturated carbocycles. The van der Waals surface area contributed by atoms with Crippen molar-refractivity contribution in [1.29, 1.82) is 0 Å². The van der Waals surface area contributed by atoms with Crippen LogP contribution in [0.15, 0.2) is 11.4 Å². The van der Waals surface area contributed by atoms with Gasteiger partial charge >= 0.3 is 6.03 Å². The summed E-state index contributed by atoms with van der Waals surface area (Å²) >= 11 is 3.47. The number of nitrogens with one attached hydrogen (secondary N) is 1. The Kier molecular flexibility index (Phi) is 4.73. The van der Waals surface area contributed by atoms with Gasteiger partial charge in [0.05, 0.1) is 22.8 Å². The molecule has 2 aromatic heterocycles. The van der Waals surface area contributed by atoms with Gasteiger partial charge in [0.1, 0.15) is 0 Å². The van der Waals surface area contributed by atoms with Crippen molar-refractivity contribution in [3.05, 3.63) is 37.5 Å². The van der Waals surface area contributed by atoms with E-state index in [-0.39, 0.29) is 18.1 Å². The van der Waals surface area contributed by atoms with Crippen molar-refractivity contribution >= 4 is 28.7 Å². The van der Waals surface area contributed by atoms with E-state index >= 15 is 0 Å². The van der Waals surface area contributed by atoms with Crippen LogP contribution in [0.1, 0.15) is 58.4 Å². The molecule has 6 heteroatoms. The fourth-order valence-electron chi connectivity index (χ4n) is 3.36. The van der Waals surface area contributed by atoms with Crippen LogP contribution in [0.25, 0.3) is 0 Å². The molecule has 23 heavy (non-hydrogen) atoms. The van der Waals surface area contributed by atoms with Crippen molar-refractivity contribution in [2.24, 2.45) is 0 Å². The van der Waals surface area contributed by atoms with Gasteiger partial charge in [0.15, 0.2) is 0 Å². The molecule has 3 heterocycles. The van der Waals surface area contributed by atoms with Crippen molar-refractivity contribution in [2.75, 3.05) is 6.54 Å². The lowest BCUT2D eigenvalue weighted by atomic mass is 9.98. The number of amides is 2. The molecule has 0 spiro atoms. The van der Waals surface area contributed by atoms with Gasteiger partial charge < -0.3 is 10.2 Å². The summed E-state index contributed by atoms with van der Waals surface area (Å²) in [5.41, 5.74) is 2.35. The van der Waals surface area contributed by atoms with Crippen LogP contribution < -0.4 is 5.32 Å². The maximum Gasteiger partial charge on any atom is 0.318 e. The van der Waals surface area contributed by atoms with Crippen LogP contribution >= 0.6 is 22.7 Å². The summed E-state index contributed by atoms with van der Waals surface area (Å²) in [7, 11) is 0. The molecular weight excluding hydrogens is 326 g/mol. The van der Waals surface area contributed by atoms with E-state index in [4.69, 9.17) is 0 Å². The zero-order chi connectivity index (χ0) is 16.6. The largest absolute Gasteiger partial charge is 0.331 e. The van der Waals surface area contributed by atoms with E-state index in [9.17, 15) is 4.79 Å². The molecular formula is C17H23N3OS2. The first kappa shape index (κ1) is 16.5. The number of hydrogen-bond acceptors (Lipinski definition) is 4. The van der Waals surface area contributed by atoms with Crippen LogP contribution in [0.4, 0.5) is 4.79 Å². The normalized spacial score (nSPS) is 18.6. The first-order chi connectivity index (χ1) is 11.0. The number of thiophene rings is 1. The molecule has 0 unspecified atom stereocenters. The summed E-state index contributed by atoms with van der Waals surface area (Å²) in [4.78, 5) is 21.8. The zero-order valence-corrected chi connectivity index (χ0v) is 15.7. The van der Waals surface area contributed by atoms with E-state index in [1.54, 1.807) is 11.3 Å². The highest BCUT2D eigenvalue weighted by Crippen LogP contribution is 2.35. The van der Waals surface area contributed by atoms with Gasteiger partial charge in [-0.2, -0.15) is 0 Å². The first-order valence-electron chi connectivity index (χ1n) is 8.08. The van der Waals surface area contributed by atoms with Crippen molar-refractivity contribution in [1.82, 2.24) is 15.2 Å². The highest BCUT2D eigenvalue weighted by Gasteiger charge is 2.31. The predicted molar refractivity (Wildman–Crippen MR) is 96.3 cm³/mol. The molecule has 1 aliphatic heterocycles. The van der Waals surface area contributed by atoms with Crippen LogP contribution in [0.5, 0.6) is 0 Å². The smallest absolute Gasteiger partial charge is 0.318 e. The summed E-state index contributed by atoms with van der Waals surface area (Å²) in [5.74, 6) is 0. The maximum atomic E-state index is 12.8. The summed E-state index contributed by atoms with van der Waals surface area (Å²) in [6.45, 7) is 9.00. The Labute approximate surface area is 145 Å². The van der Waals surface area contributed by atoms with Gasteiger partial charge in [0.2, 0.25) is 0 Å². The summed E-state index contributed by atoms with van der Waals surface area (Å²) < 4.78 is 0. The average molecular weight is 350 g/mol. The van der Waals surface area contributed by atoms with E-state index in [1.807, 2.05) is 37.0 Å². The van der Waals surface area contributed by atoms with E-state index < -0.39 is 0 Å². The van der Waals surface area contributed by atoms with Gasteiger partial charge in [-0.05, 0) is 50.6 Å².